The van der Waals surface area contributed by atoms with E-state index < -0.39 is 6.04 Å². The van der Waals surface area contributed by atoms with Crippen molar-refractivity contribution in [2.45, 2.75) is 25.3 Å². The van der Waals surface area contributed by atoms with Crippen molar-refractivity contribution < 1.29 is 14.3 Å². The maximum Gasteiger partial charge on any atom is 0.328 e. The predicted octanol–water partition coefficient (Wildman–Crippen LogP) is 1.75. The quantitative estimate of drug-likeness (QED) is 0.731. The molecular weight excluding hydrogens is 218 g/mol. The van der Waals surface area contributed by atoms with Crippen LogP contribution in [0.4, 0.5) is 5.69 Å². The van der Waals surface area contributed by atoms with Gasteiger partial charge in [0.2, 0.25) is 5.91 Å². The number of amides is 1. The molecule has 1 aliphatic heterocycles. The summed E-state index contributed by atoms with van der Waals surface area (Å²) < 4.78 is 4.76. The third-order valence-electron chi connectivity index (χ3n) is 2.96. The number of hydrogen-bond donors (Lipinski definition) is 0. The summed E-state index contributed by atoms with van der Waals surface area (Å²) in [4.78, 5) is 25.2. The third kappa shape index (κ3) is 2.30. The van der Waals surface area contributed by atoms with Gasteiger partial charge in [0.25, 0.3) is 0 Å². The molecule has 0 bridgehead atoms. The third-order valence-corrected chi connectivity index (χ3v) is 2.96. The van der Waals surface area contributed by atoms with Crippen molar-refractivity contribution in [3.8, 4) is 0 Å². The standard InChI is InChI=1S/C13H15NO3/c1-17-13(16)11-8-5-9-12(15)14(11)10-6-3-2-4-7-10/h2-4,6-7,11H,5,8-9H2,1H3. The average molecular weight is 233 g/mol. The highest BCUT2D eigenvalue weighted by Gasteiger charge is 2.34. The summed E-state index contributed by atoms with van der Waals surface area (Å²) in [7, 11) is 1.35. The van der Waals surface area contributed by atoms with Crippen LogP contribution in [0.1, 0.15) is 19.3 Å². The molecule has 1 aromatic rings. The lowest BCUT2D eigenvalue weighted by Crippen LogP contribution is -2.48. The number of ether oxygens (including phenoxy) is 1. The van der Waals surface area contributed by atoms with Gasteiger partial charge < -0.3 is 4.74 Å². The molecule has 4 nitrogen and oxygen atoms in total. The summed E-state index contributed by atoms with van der Waals surface area (Å²) in [6.07, 6.45) is 1.89. The van der Waals surface area contributed by atoms with Crippen LogP contribution in [0.15, 0.2) is 30.3 Å². The van der Waals surface area contributed by atoms with Crippen LogP contribution in [-0.4, -0.2) is 25.0 Å². The van der Waals surface area contributed by atoms with Crippen molar-refractivity contribution >= 4 is 17.6 Å². The highest BCUT2D eigenvalue weighted by atomic mass is 16.5. The zero-order chi connectivity index (χ0) is 12.3. The molecule has 1 aromatic carbocycles. The molecule has 1 aliphatic rings. The lowest BCUT2D eigenvalue weighted by Gasteiger charge is -2.33. The van der Waals surface area contributed by atoms with Gasteiger partial charge in [-0.1, -0.05) is 18.2 Å². The first-order valence-corrected chi connectivity index (χ1v) is 5.69. The van der Waals surface area contributed by atoms with Gasteiger partial charge in [-0.05, 0) is 25.0 Å². The Morgan fingerprint density at radius 3 is 2.71 bits per heavy atom. The number of para-hydroxylation sites is 1. The molecule has 0 saturated carbocycles. The molecule has 0 aromatic heterocycles. The van der Waals surface area contributed by atoms with Crippen LogP contribution < -0.4 is 4.90 Å². The predicted molar refractivity (Wildman–Crippen MR) is 63.6 cm³/mol. The minimum atomic E-state index is -0.483. The number of carbonyl (C=O) groups excluding carboxylic acids is 2. The molecule has 0 spiro atoms. The van der Waals surface area contributed by atoms with Crippen LogP contribution in [0.25, 0.3) is 0 Å². The Balaban J connectivity index is 2.31. The van der Waals surface area contributed by atoms with Crippen LogP contribution in [-0.2, 0) is 14.3 Å². The molecule has 1 amide bonds. The summed E-state index contributed by atoms with van der Waals surface area (Å²) in [5.41, 5.74) is 0.757. The van der Waals surface area contributed by atoms with E-state index in [1.54, 1.807) is 4.90 Å². The minimum absolute atomic E-state index is 0.0159. The van der Waals surface area contributed by atoms with Crippen molar-refractivity contribution in [1.29, 1.82) is 0 Å². The second kappa shape index (κ2) is 4.99. The number of rotatable bonds is 2. The molecule has 0 aliphatic carbocycles. The van der Waals surface area contributed by atoms with Gasteiger partial charge in [-0.15, -0.1) is 0 Å². The zero-order valence-electron chi connectivity index (χ0n) is 9.76. The van der Waals surface area contributed by atoms with Gasteiger partial charge in [0.1, 0.15) is 6.04 Å². The highest BCUT2D eigenvalue weighted by Crippen LogP contribution is 2.26. The van der Waals surface area contributed by atoms with E-state index in [2.05, 4.69) is 0 Å². The number of methoxy groups -OCH3 is 1. The van der Waals surface area contributed by atoms with Gasteiger partial charge in [-0.3, -0.25) is 9.69 Å². The number of piperidine rings is 1. The minimum Gasteiger partial charge on any atom is -0.467 e. The molecule has 1 unspecified atom stereocenters. The van der Waals surface area contributed by atoms with Crippen molar-refractivity contribution in [3.63, 3.8) is 0 Å². The second-order valence-corrected chi connectivity index (χ2v) is 4.03. The molecule has 1 heterocycles. The molecule has 1 saturated heterocycles. The molecule has 1 atom stereocenters. The first kappa shape index (κ1) is 11.6. The molecular formula is C13H15NO3. The number of carbonyl (C=O) groups is 2. The fourth-order valence-electron chi connectivity index (χ4n) is 2.14. The number of esters is 1. The number of anilines is 1. The fraction of sp³-hybridized carbons (Fsp3) is 0.385. The van der Waals surface area contributed by atoms with Gasteiger partial charge in [-0.2, -0.15) is 0 Å². The summed E-state index contributed by atoms with van der Waals surface area (Å²) >= 11 is 0. The van der Waals surface area contributed by atoms with E-state index in [4.69, 9.17) is 4.74 Å². The summed E-state index contributed by atoms with van der Waals surface area (Å²) in [6, 6.07) is 8.77. The topological polar surface area (TPSA) is 46.6 Å². The summed E-state index contributed by atoms with van der Waals surface area (Å²) in [5.74, 6) is -0.361. The first-order valence-electron chi connectivity index (χ1n) is 5.69. The van der Waals surface area contributed by atoms with Gasteiger partial charge in [-0.25, -0.2) is 4.79 Å². The fourth-order valence-corrected chi connectivity index (χ4v) is 2.14. The second-order valence-electron chi connectivity index (χ2n) is 4.03. The molecule has 2 rings (SSSR count). The smallest absolute Gasteiger partial charge is 0.328 e. The van der Waals surface area contributed by atoms with E-state index >= 15 is 0 Å². The lowest BCUT2D eigenvalue weighted by molar-refractivity contribution is -0.144. The monoisotopic (exact) mass is 233 g/mol. The van der Waals surface area contributed by atoms with E-state index in [9.17, 15) is 9.59 Å². The maximum atomic E-state index is 11.9. The number of nitrogens with zero attached hydrogens (tertiary/aromatic N) is 1. The van der Waals surface area contributed by atoms with Gasteiger partial charge in [0, 0.05) is 12.1 Å². The van der Waals surface area contributed by atoms with Crippen molar-refractivity contribution in [2.75, 3.05) is 12.0 Å². The van der Waals surface area contributed by atoms with Crippen molar-refractivity contribution in [1.82, 2.24) is 0 Å². The SMILES string of the molecule is COC(=O)C1CCCC(=O)N1c1ccccc1. The zero-order valence-corrected chi connectivity index (χ0v) is 9.76. The van der Waals surface area contributed by atoms with Crippen molar-refractivity contribution in [3.05, 3.63) is 30.3 Å². The molecule has 0 radical (unpaired) electrons. The normalized spacial score (nSPS) is 20.2. The average Bonchev–Trinajstić information content (AvgIpc) is 2.38. The molecule has 4 heteroatoms. The Morgan fingerprint density at radius 1 is 1.35 bits per heavy atom. The first-order chi connectivity index (χ1) is 8.24. The Kier molecular flexibility index (Phi) is 3.42. The maximum absolute atomic E-state index is 11.9. The van der Waals surface area contributed by atoms with E-state index in [1.807, 2.05) is 30.3 Å². The van der Waals surface area contributed by atoms with E-state index in [-0.39, 0.29) is 11.9 Å². The summed E-state index contributed by atoms with van der Waals surface area (Å²) in [5, 5.41) is 0. The lowest BCUT2D eigenvalue weighted by atomic mass is 10.0. The van der Waals surface area contributed by atoms with Crippen LogP contribution in [0.2, 0.25) is 0 Å². The van der Waals surface area contributed by atoms with Crippen LogP contribution >= 0.6 is 0 Å². The van der Waals surface area contributed by atoms with Crippen LogP contribution in [0, 0.1) is 0 Å². The number of hydrogen-bond acceptors (Lipinski definition) is 3. The van der Waals surface area contributed by atoms with E-state index in [1.165, 1.54) is 7.11 Å². The van der Waals surface area contributed by atoms with Gasteiger partial charge in [0.05, 0.1) is 7.11 Å². The Bertz CT molecular complexity index is 416. The number of benzene rings is 1. The molecule has 0 N–H and O–H groups in total. The molecule has 90 valence electrons. The Morgan fingerprint density at radius 2 is 2.06 bits per heavy atom. The Labute approximate surface area is 100 Å². The van der Waals surface area contributed by atoms with E-state index in [0.717, 1.165) is 12.1 Å². The van der Waals surface area contributed by atoms with Crippen LogP contribution in [0.5, 0.6) is 0 Å². The Hall–Kier alpha value is -1.84. The van der Waals surface area contributed by atoms with E-state index in [0.29, 0.717) is 12.8 Å². The van der Waals surface area contributed by atoms with Crippen LogP contribution in [0.3, 0.4) is 0 Å². The molecule has 1 fully saturated rings. The highest BCUT2D eigenvalue weighted by molar-refractivity contribution is 6.00. The van der Waals surface area contributed by atoms with Crippen molar-refractivity contribution in [2.24, 2.45) is 0 Å². The summed E-state index contributed by atoms with van der Waals surface area (Å²) in [6.45, 7) is 0. The van der Waals surface area contributed by atoms with Gasteiger partial charge in [0.15, 0.2) is 0 Å². The largest absolute Gasteiger partial charge is 0.467 e. The van der Waals surface area contributed by atoms with Gasteiger partial charge >= 0.3 is 5.97 Å². The molecule has 17 heavy (non-hydrogen) atoms.